The second-order valence-corrected chi connectivity index (χ2v) is 3.77. The zero-order chi connectivity index (χ0) is 15.5. The molecule has 0 aromatic carbocycles. The van der Waals surface area contributed by atoms with Gasteiger partial charge in [0, 0.05) is 23.9 Å². The average Bonchev–Trinajstić information content (AvgIpc) is 2.36. The van der Waals surface area contributed by atoms with Gasteiger partial charge in [-0.25, -0.2) is 8.78 Å². The van der Waals surface area contributed by atoms with Gasteiger partial charge in [0.25, 0.3) is 6.43 Å². The highest BCUT2D eigenvalue weighted by atomic mass is 19.4. The molecule has 112 valence electrons. The Bertz CT molecular complexity index is 502. The van der Waals surface area contributed by atoms with Gasteiger partial charge in [-0.3, -0.25) is 9.78 Å². The fourth-order valence-electron chi connectivity index (χ4n) is 1.69. The van der Waals surface area contributed by atoms with Crippen molar-refractivity contribution in [3.63, 3.8) is 0 Å². The second-order valence-electron chi connectivity index (χ2n) is 3.77. The Balaban J connectivity index is 3.48. The maximum absolute atomic E-state index is 12.9. The summed E-state index contributed by atoms with van der Waals surface area (Å²) in [6.07, 6.45) is -8.54. The van der Waals surface area contributed by atoms with Crippen molar-refractivity contribution in [3.8, 4) is 0 Å². The number of carbonyl (C=O) groups excluding carboxylic acids is 1. The third kappa shape index (κ3) is 3.41. The van der Waals surface area contributed by atoms with Gasteiger partial charge < -0.3 is 10.5 Å². The molecule has 0 spiro atoms. The number of pyridine rings is 1. The van der Waals surface area contributed by atoms with Gasteiger partial charge in [0.15, 0.2) is 0 Å². The first-order valence-corrected chi connectivity index (χ1v) is 5.35. The summed E-state index contributed by atoms with van der Waals surface area (Å²) in [6, 6.07) is 0. The van der Waals surface area contributed by atoms with Crippen molar-refractivity contribution < 1.29 is 31.5 Å². The number of halogens is 5. The van der Waals surface area contributed by atoms with Gasteiger partial charge in [-0.2, -0.15) is 13.2 Å². The summed E-state index contributed by atoms with van der Waals surface area (Å²) in [5.74, 6) is -0.842. The van der Waals surface area contributed by atoms with Crippen molar-refractivity contribution in [3.05, 3.63) is 28.6 Å². The van der Waals surface area contributed by atoms with Crippen molar-refractivity contribution >= 4 is 5.97 Å². The second kappa shape index (κ2) is 6.12. The highest BCUT2D eigenvalue weighted by Crippen LogP contribution is 2.39. The van der Waals surface area contributed by atoms with Crippen molar-refractivity contribution in [1.82, 2.24) is 4.98 Å². The molecule has 2 N–H and O–H groups in total. The molecule has 1 aromatic heterocycles. The standard InChI is InChI=1S/C11H11F5N2O2/c1-20-8(19)2-7-5(3-17)9(11(14,15)16)6(4-18-7)10(12)13/h4,10H,2-3,17H2,1H3. The van der Waals surface area contributed by atoms with Crippen LogP contribution < -0.4 is 5.73 Å². The van der Waals surface area contributed by atoms with E-state index in [0.717, 1.165) is 7.11 Å². The van der Waals surface area contributed by atoms with Crippen LogP contribution in [0.15, 0.2) is 6.20 Å². The molecule has 0 radical (unpaired) electrons. The van der Waals surface area contributed by atoms with E-state index in [9.17, 15) is 26.7 Å². The minimum atomic E-state index is -5.02. The van der Waals surface area contributed by atoms with Crippen LogP contribution in [0.1, 0.15) is 28.8 Å². The third-order valence-electron chi connectivity index (χ3n) is 2.56. The van der Waals surface area contributed by atoms with Crippen LogP contribution >= 0.6 is 0 Å². The first kappa shape index (κ1) is 16.3. The predicted octanol–water partition coefficient (Wildman–Crippen LogP) is 2.21. The van der Waals surface area contributed by atoms with Crippen molar-refractivity contribution in [2.45, 2.75) is 25.6 Å². The van der Waals surface area contributed by atoms with Crippen molar-refractivity contribution in [2.75, 3.05) is 7.11 Å². The van der Waals surface area contributed by atoms with E-state index < -0.39 is 48.2 Å². The summed E-state index contributed by atoms with van der Waals surface area (Å²) >= 11 is 0. The molecule has 0 atom stereocenters. The summed E-state index contributed by atoms with van der Waals surface area (Å²) in [4.78, 5) is 14.6. The van der Waals surface area contributed by atoms with Gasteiger partial charge in [0.05, 0.1) is 24.8 Å². The highest BCUT2D eigenvalue weighted by Gasteiger charge is 2.39. The van der Waals surface area contributed by atoms with Crippen LogP contribution in [-0.4, -0.2) is 18.1 Å². The molecule has 0 aliphatic rings. The largest absolute Gasteiger partial charge is 0.469 e. The molecule has 0 saturated carbocycles. The summed E-state index contributed by atoms with van der Waals surface area (Å²) in [6.45, 7) is -0.672. The number of esters is 1. The lowest BCUT2D eigenvalue weighted by atomic mass is 9.99. The van der Waals surface area contributed by atoms with E-state index in [2.05, 4.69) is 9.72 Å². The van der Waals surface area contributed by atoms with E-state index in [1.54, 1.807) is 0 Å². The first-order chi connectivity index (χ1) is 9.22. The Morgan fingerprint density at radius 2 is 2.05 bits per heavy atom. The topological polar surface area (TPSA) is 65.2 Å². The Morgan fingerprint density at radius 1 is 1.45 bits per heavy atom. The number of alkyl halides is 5. The quantitative estimate of drug-likeness (QED) is 0.683. The smallest absolute Gasteiger partial charge is 0.417 e. The Morgan fingerprint density at radius 3 is 2.45 bits per heavy atom. The van der Waals surface area contributed by atoms with E-state index >= 15 is 0 Å². The normalized spacial score (nSPS) is 11.8. The summed E-state index contributed by atoms with van der Waals surface area (Å²) in [5, 5.41) is 0. The van der Waals surface area contributed by atoms with Crippen LogP contribution in [-0.2, 0) is 28.7 Å². The molecule has 1 aromatic rings. The van der Waals surface area contributed by atoms with Gasteiger partial charge in [-0.15, -0.1) is 0 Å². The molecule has 0 aliphatic carbocycles. The van der Waals surface area contributed by atoms with Crippen LogP contribution in [0.25, 0.3) is 0 Å². The van der Waals surface area contributed by atoms with E-state index in [1.807, 2.05) is 0 Å². The summed E-state index contributed by atoms with van der Waals surface area (Å²) in [7, 11) is 1.04. The fraction of sp³-hybridized carbons (Fsp3) is 0.455. The lowest BCUT2D eigenvalue weighted by molar-refractivity contribution is -0.142. The first-order valence-electron chi connectivity index (χ1n) is 5.35. The minimum absolute atomic E-state index is 0.323. The number of aromatic nitrogens is 1. The summed E-state index contributed by atoms with van der Waals surface area (Å²) < 4.78 is 68.4. The number of rotatable bonds is 4. The number of hydrogen-bond acceptors (Lipinski definition) is 4. The molecule has 0 saturated heterocycles. The zero-order valence-electron chi connectivity index (χ0n) is 10.3. The Kier molecular flexibility index (Phi) is 4.98. The van der Waals surface area contributed by atoms with Gasteiger partial charge >= 0.3 is 12.1 Å². The van der Waals surface area contributed by atoms with Gasteiger partial charge in [-0.1, -0.05) is 0 Å². The van der Waals surface area contributed by atoms with Crippen molar-refractivity contribution in [2.24, 2.45) is 5.73 Å². The maximum atomic E-state index is 12.9. The summed E-state index contributed by atoms with van der Waals surface area (Å²) in [5.41, 5.74) is 1.45. The number of nitrogens with two attached hydrogens (primary N) is 1. The number of ether oxygens (including phenoxy) is 1. The van der Waals surface area contributed by atoms with E-state index in [4.69, 9.17) is 5.73 Å². The number of nitrogens with zero attached hydrogens (tertiary/aromatic N) is 1. The lowest BCUT2D eigenvalue weighted by Gasteiger charge is -2.18. The van der Waals surface area contributed by atoms with Crippen LogP contribution in [0.4, 0.5) is 22.0 Å². The van der Waals surface area contributed by atoms with E-state index in [1.165, 1.54) is 0 Å². The van der Waals surface area contributed by atoms with Gasteiger partial charge in [0.1, 0.15) is 0 Å². The van der Waals surface area contributed by atoms with Gasteiger partial charge in [0.2, 0.25) is 0 Å². The molecule has 0 bridgehead atoms. The molecular weight excluding hydrogens is 287 g/mol. The average molecular weight is 298 g/mol. The maximum Gasteiger partial charge on any atom is 0.417 e. The molecule has 0 aliphatic heterocycles. The minimum Gasteiger partial charge on any atom is -0.469 e. The monoisotopic (exact) mass is 298 g/mol. The van der Waals surface area contributed by atoms with Crippen LogP contribution in [0.5, 0.6) is 0 Å². The predicted molar refractivity (Wildman–Crippen MR) is 57.8 cm³/mol. The van der Waals surface area contributed by atoms with Crippen LogP contribution in [0.3, 0.4) is 0 Å². The molecule has 0 fully saturated rings. The molecule has 0 amide bonds. The van der Waals surface area contributed by atoms with Gasteiger partial charge in [-0.05, 0) is 0 Å². The lowest BCUT2D eigenvalue weighted by Crippen LogP contribution is -2.20. The van der Waals surface area contributed by atoms with E-state index in [-0.39, 0.29) is 5.69 Å². The molecular formula is C11H11F5N2O2. The molecule has 4 nitrogen and oxygen atoms in total. The molecule has 0 unspecified atom stereocenters. The molecule has 20 heavy (non-hydrogen) atoms. The van der Waals surface area contributed by atoms with E-state index in [0.29, 0.717) is 6.20 Å². The van der Waals surface area contributed by atoms with Crippen molar-refractivity contribution in [1.29, 1.82) is 0 Å². The molecule has 1 rings (SSSR count). The Hall–Kier alpha value is -1.77. The molecule has 9 heteroatoms. The van der Waals surface area contributed by atoms with Crippen LogP contribution in [0, 0.1) is 0 Å². The number of methoxy groups -OCH3 is 1. The zero-order valence-corrected chi connectivity index (χ0v) is 10.3. The van der Waals surface area contributed by atoms with Crippen LogP contribution in [0.2, 0.25) is 0 Å². The SMILES string of the molecule is COC(=O)Cc1ncc(C(F)F)c(C(F)(F)F)c1CN. The highest BCUT2D eigenvalue weighted by molar-refractivity contribution is 5.72. The number of hydrogen-bond donors (Lipinski definition) is 1. The number of carbonyl (C=O) groups is 1. The Labute approximate surface area is 110 Å². The fourth-order valence-corrected chi connectivity index (χ4v) is 1.69. The third-order valence-corrected chi connectivity index (χ3v) is 2.56. The molecule has 1 heterocycles.